The minimum atomic E-state index is -0.594. The van der Waals surface area contributed by atoms with Gasteiger partial charge in [0.25, 0.3) is 0 Å². The van der Waals surface area contributed by atoms with Crippen LogP contribution in [0, 0.1) is 6.92 Å². The highest BCUT2D eigenvalue weighted by Crippen LogP contribution is 2.25. The van der Waals surface area contributed by atoms with Gasteiger partial charge >= 0.3 is 5.97 Å². The van der Waals surface area contributed by atoms with E-state index < -0.39 is 12.0 Å². The molecule has 0 radical (unpaired) electrons. The standard InChI is InChI=1S/C15H20N2O4/c1-10-6-7-13(20-3)12(9-10)16-21-15(19)11(2)17-8-4-5-14(17)18/h6-7,9,11,16H,4-5,8H2,1-3H3. The third-order valence-corrected chi connectivity index (χ3v) is 3.54. The zero-order valence-corrected chi connectivity index (χ0v) is 12.5. The van der Waals surface area contributed by atoms with Crippen molar-refractivity contribution in [1.82, 2.24) is 4.90 Å². The number of anilines is 1. The minimum Gasteiger partial charge on any atom is -0.494 e. The fourth-order valence-electron chi connectivity index (χ4n) is 2.30. The number of likely N-dealkylation sites (tertiary alicyclic amines) is 1. The van der Waals surface area contributed by atoms with Gasteiger partial charge in [0.1, 0.15) is 17.5 Å². The van der Waals surface area contributed by atoms with Crippen LogP contribution in [0.5, 0.6) is 5.75 Å². The first-order valence-corrected chi connectivity index (χ1v) is 6.93. The molecule has 0 aromatic heterocycles. The van der Waals surface area contributed by atoms with E-state index in [0.29, 0.717) is 24.4 Å². The molecule has 0 saturated carbocycles. The molecule has 1 amide bonds. The van der Waals surface area contributed by atoms with E-state index in [2.05, 4.69) is 5.48 Å². The third-order valence-electron chi connectivity index (χ3n) is 3.54. The quantitative estimate of drug-likeness (QED) is 0.839. The molecule has 1 heterocycles. The van der Waals surface area contributed by atoms with Gasteiger partial charge in [-0.2, -0.15) is 0 Å². The number of hydrogen-bond donors (Lipinski definition) is 1. The number of methoxy groups -OCH3 is 1. The molecular formula is C15H20N2O4. The van der Waals surface area contributed by atoms with Crippen LogP contribution in [0.4, 0.5) is 5.69 Å². The average molecular weight is 292 g/mol. The molecule has 2 rings (SSSR count). The van der Waals surface area contributed by atoms with Gasteiger partial charge in [-0.05, 0) is 38.0 Å². The number of carbonyl (C=O) groups is 2. The molecule has 1 aromatic rings. The molecule has 6 heteroatoms. The molecule has 1 atom stereocenters. The number of ether oxygens (including phenoxy) is 1. The summed E-state index contributed by atoms with van der Waals surface area (Å²) in [6.07, 6.45) is 1.28. The van der Waals surface area contributed by atoms with Crippen molar-refractivity contribution in [2.75, 3.05) is 19.1 Å². The first-order chi connectivity index (χ1) is 10.0. The van der Waals surface area contributed by atoms with E-state index in [1.54, 1.807) is 20.1 Å². The maximum Gasteiger partial charge on any atom is 0.354 e. The second kappa shape index (κ2) is 6.47. The van der Waals surface area contributed by atoms with E-state index in [1.165, 1.54) is 4.90 Å². The highest BCUT2D eigenvalue weighted by molar-refractivity contribution is 5.85. The number of aryl methyl sites for hydroxylation is 1. The smallest absolute Gasteiger partial charge is 0.354 e. The van der Waals surface area contributed by atoms with Crippen LogP contribution >= 0.6 is 0 Å². The van der Waals surface area contributed by atoms with Crippen LogP contribution in [0.1, 0.15) is 25.3 Å². The van der Waals surface area contributed by atoms with Gasteiger partial charge in [-0.1, -0.05) is 6.07 Å². The van der Waals surface area contributed by atoms with Crippen LogP contribution in [0.25, 0.3) is 0 Å². The number of benzene rings is 1. The number of hydrogen-bond acceptors (Lipinski definition) is 5. The number of amides is 1. The second-order valence-electron chi connectivity index (χ2n) is 5.09. The van der Waals surface area contributed by atoms with Crippen molar-refractivity contribution in [3.8, 4) is 5.75 Å². The normalized spacial score (nSPS) is 15.8. The summed E-state index contributed by atoms with van der Waals surface area (Å²) in [7, 11) is 1.54. The Labute approximate surface area is 124 Å². The Hall–Kier alpha value is -2.24. The first-order valence-electron chi connectivity index (χ1n) is 6.93. The maximum absolute atomic E-state index is 12.0. The molecule has 1 fully saturated rings. The summed E-state index contributed by atoms with van der Waals surface area (Å²) in [4.78, 5) is 30.3. The van der Waals surface area contributed by atoms with Gasteiger partial charge in [0.05, 0.1) is 7.11 Å². The molecule has 1 saturated heterocycles. The Morgan fingerprint density at radius 2 is 2.19 bits per heavy atom. The van der Waals surface area contributed by atoms with Crippen LogP contribution in [0.2, 0.25) is 0 Å². The lowest BCUT2D eigenvalue weighted by atomic mass is 10.2. The predicted octanol–water partition coefficient (Wildman–Crippen LogP) is 1.88. The molecule has 1 aromatic carbocycles. The van der Waals surface area contributed by atoms with Gasteiger partial charge in [-0.3, -0.25) is 4.79 Å². The topological polar surface area (TPSA) is 67.9 Å². The third kappa shape index (κ3) is 3.45. The summed E-state index contributed by atoms with van der Waals surface area (Å²) in [5.41, 5.74) is 4.20. The number of nitrogens with zero attached hydrogens (tertiary/aromatic N) is 1. The van der Waals surface area contributed by atoms with E-state index in [9.17, 15) is 9.59 Å². The van der Waals surface area contributed by atoms with Gasteiger partial charge in [-0.25, -0.2) is 10.3 Å². The van der Waals surface area contributed by atoms with Crippen molar-refractivity contribution in [3.05, 3.63) is 23.8 Å². The molecule has 21 heavy (non-hydrogen) atoms. The van der Waals surface area contributed by atoms with Crippen LogP contribution in [-0.2, 0) is 14.4 Å². The predicted molar refractivity (Wildman–Crippen MR) is 77.9 cm³/mol. The summed E-state index contributed by atoms with van der Waals surface area (Å²) in [5.74, 6) is 0.0831. The highest BCUT2D eigenvalue weighted by Gasteiger charge is 2.30. The van der Waals surface area contributed by atoms with Crippen LogP contribution in [-0.4, -0.2) is 36.5 Å². The van der Waals surface area contributed by atoms with Crippen molar-refractivity contribution >= 4 is 17.6 Å². The molecule has 0 aliphatic carbocycles. The largest absolute Gasteiger partial charge is 0.494 e. The minimum absolute atomic E-state index is 0.00686. The van der Waals surface area contributed by atoms with Crippen molar-refractivity contribution in [1.29, 1.82) is 0 Å². The number of nitrogens with one attached hydrogen (secondary N) is 1. The van der Waals surface area contributed by atoms with Crippen molar-refractivity contribution < 1.29 is 19.2 Å². The monoisotopic (exact) mass is 292 g/mol. The lowest BCUT2D eigenvalue weighted by Crippen LogP contribution is -2.41. The second-order valence-corrected chi connectivity index (χ2v) is 5.09. The molecule has 114 valence electrons. The maximum atomic E-state index is 12.0. The summed E-state index contributed by atoms with van der Waals surface area (Å²) < 4.78 is 5.19. The lowest BCUT2D eigenvalue weighted by molar-refractivity contribution is -0.150. The summed E-state index contributed by atoms with van der Waals surface area (Å²) in [5, 5.41) is 0. The summed E-state index contributed by atoms with van der Waals surface area (Å²) in [6, 6.07) is 4.91. The molecule has 0 bridgehead atoms. The van der Waals surface area contributed by atoms with Crippen molar-refractivity contribution in [2.45, 2.75) is 32.7 Å². The van der Waals surface area contributed by atoms with Crippen molar-refractivity contribution in [2.24, 2.45) is 0 Å². The Balaban J connectivity index is 1.97. The van der Waals surface area contributed by atoms with Gasteiger partial charge in [-0.15, -0.1) is 0 Å². The van der Waals surface area contributed by atoms with E-state index >= 15 is 0 Å². The fraction of sp³-hybridized carbons (Fsp3) is 0.467. The average Bonchev–Trinajstić information content (AvgIpc) is 2.90. The van der Waals surface area contributed by atoms with E-state index in [4.69, 9.17) is 9.57 Å². The Bertz CT molecular complexity index is 544. The highest BCUT2D eigenvalue weighted by atomic mass is 16.7. The summed E-state index contributed by atoms with van der Waals surface area (Å²) >= 11 is 0. The molecule has 6 nitrogen and oxygen atoms in total. The van der Waals surface area contributed by atoms with Crippen LogP contribution in [0.15, 0.2) is 18.2 Å². The molecule has 1 unspecified atom stereocenters. The fourth-order valence-corrected chi connectivity index (χ4v) is 2.30. The van der Waals surface area contributed by atoms with Gasteiger partial charge < -0.3 is 14.5 Å². The SMILES string of the molecule is COc1ccc(C)cc1NOC(=O)C(C)N1CCCC1=O. The van der Waals surface area contributed by atoms with E-state index in [0.717, 1.165) is 12.0 Å². The Morgan fingerprint density at radius 3 is 2.81 bits per heavy atom. The zero-order valence-electron chi connectivity index (χ0n) is 12.5. The molecule has 1 aliphatic heterocycles. The lowest BCUT2D eigenvalue weighted by Gasteiger charge is -2.22. The zero-order chi connectivity index (χ0) is 15.4. The number of carbonyl (C=O) groups excluding carboxylic acids is 2. The molecule has 0 spiro atoms. The van der Waals surface area contributed by atoms with Crippen LogP contribution < -0.4 is 10.2 Å². The van der Waals surface area contributed by atoms with E-state index in [1.807, 2.05) is 19.1 Å². The van der Waals surface area contributed by atoms with Gasteiger partial charge in [0.15, 0.2) is 0 Å². The Morgan fingerprint density at radius 1 is 1.43 bits per heavy atom. The van der Waals surface area contributed by atoms with E-state index in [-0.39, 0.29) is 5.91 Å². The van der Waals surface area contributed by atoms with Crippen LogP contribution in [0.3, 0.4) is 0 Å². The Kier molecular flexibility index (Phi) is 4.67. The molecule has 1 N–H and O–H groups in total. The molecular weight excluding hydrogens is 272 g/mol. The van der Waals surface area contributed by atoms with Crippen molar-refractivity contribution in [3.63, 3.8) is 0 Å². The number of rotatable bonds is 5. The van der Waals surface area contributed by atoms with Gasteiger partial charge in [0.2, 0.25) is 5.91 Å². The van der Waals surface area contributed by atoms with Gasteiger partial charge in [0, 0.05) is 13.0 Å². The summed E-state index contributed by atoms with van der Waals surface area (Å²) in [6.45, 7) is 4.20. The first kappa shape index (κ1) is 15.2. The molecule has 1 aliphatic rings.